The monoisotopic (exact) mass is 258 g/mol. The average molecular weight is 259 g/mol. The van der Waals surface area contributed by atoms with E-state index in [4.69, 9.17) is 11.6 Å². The number of fused-ring (bicyclic) bond motifs is 1. The molecule has 2 aromatic rings. The highest BCUT2D eigenvalue weighted by atomic mass is 35.5. The summed E-state index contributed by atoms with van der Waals surface area (Å²) in [5.41, 5.74) is 5.22. The maximum Gasteiger partial charge on any atom is 0.129 e. The van der Waals surface area contributed by atoms with Crippen LogP contribution in [-0.2, 0) is 6.42 Å². The third kappa shape index (κ3) is 2.21. The van der Waals surface area contributed by atoms with Crippen molar-refractivity contribution in [3.05, 3.63) is 58.4 Å². The number of pyridine rings is 1. The minimum absolute atomic E-state index is 0.392. The second kappa shape index (κ2) is 4.62. The van der Waals surface area contributed by atoms with Gasteiger partial charge in [0.15, 0.2) is 0 Å². The maximum atomic E-state index is 5.79. The summed E-state index contributed by atoms with van der Waals surface area (Å²) in [5, 5.41) is 4.06. The first kappa shape index (κ1) is 11.5. The molecule has 1 aromatic carbocycles. The molecule has 18 heavy (non-hydrogen) atoms. The van der Waals surface area contributed by atoms with E-state index in [0.717, 1.165) is 18.5 Å². The number of halogens is 1. The van der Waals surface area contributed by atoms with Gasteiger partial charge in [0.25, 0.3) is 0 Å². The first-order chi connectivity index (χ1) is 8.72. The minimum Gasteiger partial charge on any atom is -0.377 e. The molecule has 3 heteroatoms. The molecule has 1 atom stereocenters. The van der Waals surface area contributed by atoms with Gasteiger partial charge in [0.05, 0.1) is 17.9 Å². The number of nitrogens with one attached hydrogen (secondary N) is 1. The third-order valence-corrected chi connectivity index (χ3v) is 3.67. The Morgan fingerprint density at radius 3 is 2.94 bits per heavy atom. The fourth-order valence-corrected chi connectivity index (χ4v) is 2.65. The van der Waals surface area contributed by atoms with Gasteiger partial charge in [-0.2, -0.15) is 0 Å². The zero-order chi connectivity index (χ0) is 12.5. The van der Waals surface area contributed by atoms with Crippen molar-refractivity contribution in [1.82, 2.24) is 4.98 Å². The van der Waals surface area contributed by atoms with E-state index in [9.17, 15) is 0 Å². The van der Waals surface area contributed by atoms with E-state index >= 15 is 0 Å². The molecule has 2 nitrogen and oxygen atoms in total. The van der Waals surface area contributed by atoms with Crippen LogP contribution >= 0.6 is 11.6 Å². The van der Waals surface area contributed by atoms with Gasteiger partial charge in [-0.25, -0.2) is 4.98 Å². The van der Waals surface area contributed by atoms with Crippen LogP contribution in [0.5, 0.6) is 0 Å². The van der Waals surface area contributed by atoms with E-state index in [1.54, 1.807) is 6.20 Å². The highest BCUT2D eigenvalue weighted by molar-refractivity contribution is 6.29. The van der Waals surface area contributed by atoms with Gasteiger partial charge in [-0.15, -0.1) is 0 Å². The predicted octanol–water partition coefficient (Wildman–Crippen LogP) is 4.14. The zero-order valence-corrected chi connectivity index (χ0v) is 11.0. The molecule has 1 heterocycles. The summed E-state index contributed by atoms with van der Waals surface area (Å²) >= 11 is 5.79. The molecular formula is C15H15ClN2. The van der Waals surface area contributed by atoms with Gasteiger partial charge in [-0.05, 0) is 43.0 Å². The van der Waals surface area contributed by atoms with Crippen molar-refractivity contribution in [2.75, 3.05) is 5.32 Å². The quantitative estimate of drug-likeness (QED) is 0.819. The standard InChI is InChI=1S/C15H15ClN2/c1-10-2-3-11-4-6-14(13(11)8-10)18-12-5-7-15(16)17-9-12/h2-3,5,7-9,14,18H,4,6H2,1H3. The lowest BCUT2D eigenvalue weighted by Gasteiger charge is -2.15. The van der Waals surface area contributed by atoms with Gasteiger partial charge in [-0.3, -0.25) is 0 Å². The fourth-order valence-electron chi connectivity index (χ4n) is 2.53. The fraction of sp³-hybridized carbons (Fsp3) is 0.267. The van der Waals surface area contributed by atoms with Crippen molar-refractivity contribution in [3.8, 4) is 0 Å². The van der Waals surface area contributed by atoms with Gasteiger partial charge in [-0.1, -0.05) is 35.4 Å². The van der Waals surface area contributed by atoms with Gasteiger partial charge in [0.1, 0.15) is 5.15 Å². The number of benzene rings is 1. The van der Waals surface area contributed by atoms with E-state index in [2.05, 4.69) is 35.4 Å². The molecule has 0 amide bonds. The maximum absolute atomic E-state index is 5.79. The van der Waals surface area contributed by atoms with Gasteiger partial charge in [0, 0.05) is 0 Å². The Kier molecular flexibility index (Phi) is 2.96. The van der Waals surface area contributed by atoms with Crippen LogP contribution in [0.3, 0.4) is 0 Å². The molecule has 0 aliphatic heterocycles. The first-order valence-electron chi connectivity index (χ1n) is 6.20. The molecule has 0 saturated heterocycles. The van der Waals surface area contributed by atoms with E-state index in [0.29, 0.717) is 11.2 Å². The van der Waals surface area contributed by atoms with Crippen LogP contribution in [0.2, 0.25) is 5.15 Å². The molecule has 1 N–H and O–H groups in total. The highest BCUT2D eigenvalue weighted by Gasteiger charge is 2.22. The molecule has 1 aromatic heterocycles. The molecule has 0 spiro atoms. The van der Waals surface area contributed by atoms with Gasteiger partial charge in [0.2, 0.25) is 0 Å². The molecule has 0 saturated carbocycles. The smallest absolute Gasteiger partial charge is 0.129 e. The van der Waals surface area contributed by atoms with Crippen LogP contribution in [0.25, 0.3) is 0 Å². The second-order valence-corrected chi connectivity index (χ2v) is 5.19. The molecular weight excluding hydrogens is 244 g/mol. The predicted molar refractivity (Wildman–Crippen MR) is 75.1 cm³/mol. The van der Waals surface area contributed by atoms with E-state index in [1.807, 2.05) is 12.1 Å². The van der Waals surface area contributed by atoms with E-state index in [-0.39, 0.29) is 0 Å². The van der Waals surface area contributed by atoms with Gasteiger partial charge >= 0.3 is 0 Å². The van der Waals surface area contributed by atoms with Crippen molar-refractivity contribution in [1.29, 1.82) is 0 Å². The summed E-state index contributed by atoms with van der Waals surface area (Å²) in [6.45, 7) is 2.14. The van der Waals surface area contributed by atoms with Crippen LogP contribution in [-0.4, -0.2) is 4.98 Å². The Morgan fingerprint density at radius 2 is 2.17 bits per heavy atom. The molecule has 92 valence electrons. The number of nitrogens with zero attached hydrogens (tertiary/aromatic N) is 1. The highest BCUT2D eigenvalue weighted by Crippen LogP contribution is 2.34. The number of anilines is 1. The summed E-state index contributed by atoms with van der Waals surface area (Å²) in [6.07, 6.45) is 4.08. The lowest BCUT2D eigenvalue weighted by Crippen LogP contribution is -2.07. The second-order valence-electron chi connectivity index (χ2n) is 4.81. The normalized spacial score (nSPS) is 17.6. The topological polar surface area (TPSA) is 24.9 Å². The molecule has 1 unspecified atom stereocenters. The number of hydrogen-bond donors (Lipinski definition) is 1. The van der Waals surface area contributed by atoms with Crippen LogP contribution in [0.4, 0.5) is 5.69 Å². The summed E-state index contributed by atoms with van der Waals surface area (Å²) in [6, 6.07) is 10.9. The van der Waals surface area contributed by atoms with Gasteiger partial charge < -0.3 is 5.32 Å². The molecule has 1 aliphatic rings. The molecule has 0 bridgehead atoms. The summed E-state index contributed by atoms with van der Waals surface area (Å²) in [5.74, 6) is 0. The van der Waals surface area contributed by atoms with Crippen LogP contribution in [0.1, 0.15) is 29.2 Å². The minimum atomic E-state index is 0.392. The Bertz CT molecular complexity index is 563. The Hall–Kier alpha value is -1.54. The third-order valence-electron chi connectivity index (χ3n) is 3.45. The van der Waals surface area contributed by atoms with Crippen molar-refractivity contribution in [3.63, 3.8) is 0 Å². The van der Waals surface area contributed by atoms with E-state index < -0.39 is 0 Å². The number of hydrogen-bond acceptors (Lipinski definition) is 2. The van der Waals surface area contributed by atoms with Crippen LogP contribution in [0.15, 0.2) is 36.5 Å². The zero-order valence-electron chi connectivity index (χ0n) is 10.3. The summed E-state index contributed by atoms with van der Waals surface area (Å²) < 4.78 is 0. The molecule has 3 rings (SSSR count). The number of aryl methyl sites for hydroxylation is 2. The van der Waals surface area contributed by atoms with Crippen LogP contribution in [0, 0.1) is 6.92 Å². The Balaban J connectivity index is 1.84. The Morgan fingerprint density at radius 1 is 1.28 bits per heavy atom. The largest absolute Gasteiger partial charge is 0.377 e. The Labute approximate surface area is 112 Å². The molecule has 1 aliphatic carbocycles. The lowest BCUT2D eigenvalue weighted by molar-refractivity contribution is 0.761. The molecule has 0 fully saturated rings. The first-order valence-corrected chi connectivity index (χ1v) is 6.58. The van der Waals surface area contributed by atoms with Crippen molar-refractivity contribution in [2.45, 2.75) is 25.8 Å². The lowest BCUT2D eigenvalue weighted by atomic mass is 10.0. The van der Waals surface area contributed by atoms with Crippen LogP contribution < -0.4 is 5.32 Å². The molecule has 0 radical (unpaired) electrons. The number of rotatable bonds is 2. The SMILES string of the molecule is Cc1ccc2c(c1)C(Nc1ccc(Cl)nc1)CC2. The number of aromatic nitrogens is 1. The van der Waals surface area contributed by atoms with Crippen molar-refractivity contribution >= 4 is 17.3 Å². The summed E-state index contributed by atoms with van der Waals surface area (Å²) in [4.78, 5) is 4.10. The van der Waals surface area contributed by atoms with E-state index in [1.165, 1.54) is 16.7 Å². The van der Waals surface area contributed by atoms with Crippen molar-refractivity contribution < 1.29 is 0 Å². The van der Waals surface area contributed by atoms with Crippen molar-refractivity contribution in [2.24, 2.45) is 0 Å². The average Bonchev–Trinajstić information content (AvgIpc) is 2.75. The summed E-state index contributed by atoms with van der Waals surface area (Å²) in [7, 11) is 0.